The number of pyridine rings is 1. The summed E-state index contributed by atoms with van der Waals surface area (Å²) in [6, 6.07) is 13.3. The summed E-state index contributed by atoms with van der Waals surface area (Å²) in [7, 11) is 1.70. The van der Waals surface area contributed by atoms with Gasteiger partial charge in [0.1, 0.15) is 18.0 Å². The van der Waals surface area contributed by atoms with Crippen molar-refractivity contribution in [2.24, 2.45) is 0 Å². The Morgan fingerprint density at radius 1 is 1.05 bits per heavy atom. The first-order chi connectivity index (χ1) is 20.0. The molecule has 0 spiro atoms. The second kappa shape index (κ2) is 12.1. The maximum atomic E-state index is 13.4. The predicted octanol–water partition coefficient (Wildman–Crippen LogP) is 5.58. The van der Waals surface area contributed by atoms with Crippen molar-refractivity contribution in [1.82, 2.24) is 9.88 Å². The minimum atomic E-state index is -4.82. The molecular weight excluding hydrogens is 551 g/mol. The number of amides is 1. The molecule has 1 aliphatic carbocycles. The molecule has 0 atom stereocenters. The highest BCUT2D eigenvalue weighted by Gasteiger charge is 2.39. The number of ether oxygens (including phenoxy) is 1. The quantitative estimate of drug-likeness (QED) is 0.264. The molecule has 1 aliphatic heterocycles. The Balaban J connectivity index is 1.08. The van der Waals surface area contributed by atoms with Gasteiger partial charge in [-0.05, 0) is 69.0 Å². The normalized spacial score (nSPS) is 19.6. The number of halogens is 3. The van der Waals surface area contributed by atoms with Crippen LogP contribution in [0.3, 0.4) is 0 Å². The fraction of sp³-hybridized carbons (Fsp3) is 0.467. The van der Waals surface area contributed by atoms with Gasteiger partial charge in [-0.2, -0.15) is 13.2 Å². The van der Waals surface area contributed by atoms with E-state index in [0.29, 0.717) is 51.9 Å². The van der Waals surface area contributed by atoms with Crippen molar-refractivity contribution in [3.05, 3.63) is 69.8 Å². The Morgan fingerprint density at radius 3 is 2.43 bits per heavy atom. The van der Waals surface area contributed by atoms with Crippen LogP contribution in [0.5, 0.6) is 0 Å². The Hall–Kier alpha value is -3.93. The van der Waals surface area contributed by atoms with Gasteiger partial charge in [0, 0.05) is 56.4 Å². The van der Waals surface area contributed by atoms with Crippen molar-refractivity contribution >= 4 is 34.0 Å². The zero-order valence-electron chi connectivity index (χ0n) is 23.6. The Labute approximate surface area is 242 Å². The van der Waals surface area contributed by atoms with E-state index in [4.69, 9.17) is 9.72 Å². The van der Waals surface area contributed by atoms with Gasteiger partial charge in [0.2, 0.25) is 5.91 Å². The molecule has 0 N–H and O–H groups in total. The maximum Gasteiger partial charge on any atom is 0.423 e. The van der Waals surface area contributed by atoms with Gasteiger partial charge in [-0.1, -0.05) is 11.6 Å². The van der Waals surface area contributed by atoms with Gasteiger partial charge in [0.05, 0.1) is 16.5 Å². The lowest BCUT2D eigenvalue weighted by molar-refractivity contribution is -0.388. The average molecular weight is 586 g/mol. The van der Waals surface area contributed by atoms with Gasteiger partial charge < -0.3 is 19.4 Å². The number of carbonyl (C=O) groups is 1. The van der Waals surface area contributed by atoms with Gasteiger partial charge in [0.25, 0.3) is 5.69 Å². The van der Waals surface area contributed by atoms with Crippen molar-refractivity contribution in [2.45, 2.75) is 50.9 Å². The zero-order valence-corrected chi connectivity index (χ0v) is 23.6. The number of aromatic nitrogens is 1. The van der Waals surface area contributed by atoms with Crippen LogP contribution >= 0.6 is 0 Å². The molecule has 9 nitrogen and oxygen atoms in total. The first-order valence-corrected chi connectivity index (χ1v) is 14.1. The summed E-state index contributed by atoms with van der Waals surface area (Å²) in [6.07, 6.45) is -2.25. The molecule has 2 aromatic carbocycles. The SMILES string of the molecule is Cc1ccc2nc(N3CCN(C(=O)COC4CCC(N(C)c5ccc([N+](=O)[O-])c(C(F)(F)F)c5)CC4)CC3)ccc2c1. The Morgan fingerprint density at radius 2 is 1.76 bits per heavy atom. The maximum absolute atomic E-state index is 13.4. The Kier molecular flexibility index (Phi) is 8.53. The third-order valence-electron chi connectivity index (χ3n) is 8.31. The Bertz CT molecular complexity index is 1450. The second-order valence-electron chi connectivity index (χ2n) is 11.0. The van der Waals surface area contributed by atoms with E-state index in [9.17, 15) is 28.1 Å². The van der Waals surface area contributed by atoms with Crippen molar-refractivity contribution in [3.63, 3.8) is 0 Å². The highest BCUT2D eigenvalue weighted by molar-refractivity contribution is 5.81. The van der Waals surface area contributed by atoms with E-state index in [1.807, 2.05) is 23.1 Å². The number of hydrogen-bond acceptors (Lipinski definition) is 7. The van der Waals surface area contributed by atoms with Gasteiger partial charge in [-0.15, -0.1) is 0 Å². The van der Waals surface area contributed by atoms with E-state index in [2.05, 4.69) is 24.0 Å². The number of benzene rings is 2. The summed E-state index contributed by atoms with van der Waals surface area (Å²) in [5.74, 6) is 0.848. The van der Waals surface area contributed by atoms with E-state index in [-0.39, 0.29) is 30.3 Å². The van der Waals surface area contributed by atoms with E-state index >= 15 is 0 Å². The molecule has 12 heteroatoms. The summed E-state index contributed by atoms with van der Waals surface area (Å²) in [5, 5.41) is 12.2. The molecule has 0 bridgehead atoms. The summed E-state index contributed by atoms with van der Waals surface area (Å²) in [5.41, 5.74) is 0.211. The predicted molar refractivity (Wildman–Crippen MR) is 154 cm³/mol. The van der Waals surface area contributed by atoms with Gasteiger partial charge in [0.15, 0.2) is 0 Å². The number of carbonyl (C=O) groups excluding carboxylic acids is 1. The number of piperazine rings is 1. The molecule has 3 aromatic rings. The van der Waals surface area contributed by atoms with Crippen LogP contribution in [0.4, 0.5) is 30.4 Å². The fourth-order valence-corrected chi connectivity index (χ4v) is 5.82. The number of rotatable bonds is 7. The lowest BCUT2D eigenvalue weighted by atomic mass is 9.91. The van der Waals surface area contributed by atoms with Crippen molar-refractivity contribution in [2.75, 3.05) is 49.6 Å². The van der Waals surface area contributed by atoms with E-state index in [1.54, 1.807) is 11.9 Å². The first kappa shape index (κ1) is 29.6. The molecule has 1 saturated heterocycles. The van der Waals surface area contributed by atoms with Crippen LogP contribution in [-0.4, -0.2) is 72.7 Å². The van der Waals surface area contributed by atoms with Gasteiger partial charge in [-0.3, -0.25) is 14.9 Å². The molecule has 2 heterocycles. The molecule has 2 fully saturated rings. The summed E-state index contributed by atoms with van der Waals surface area (Å²) in [4.78, 5) is 33.4. The average Bonchev–Trinajstić information content (AvgIpc) is 2.98. The van der Waals surface area contributed by atoms with Crippen molar-refractivity contribution in [1.29, 1.82) is 0 Å². The minimum Gasteiger partial charge on any atom is -0.372 e. The van der Waals surface area contributed by atoms with Crippen LogP contribution in [-0.2, 0) is 15.7 Å². The van der Waals surface area contributed by atoms with Crippen LogP contribution in [0.25, 0.3) is 10.9 Å². The standard InChI is InChI=1S/C30H34F3N5O4/c1-20-3-10-26-21(17-20)4-12-28(34-26)36-13-15-37(16-14-36)29(39)19-42-24-8-5-22(6-9-24)35(2)23-7-11-27(38(40)41)25(18-23)30(31,32)33/h3-4,7,10-12,17-18,22,24H,5-6,8-9,13-16,19H2,1-2H3. The molecule has 0 unspecified atom stereocenters. The number of fused-ring (bicyclic) bond motifs is 1. The van der Waals surface area contributed by atoms with Crippen LogP contribution in [0.2, 0.25) is 0 Å². The zero-order chi connectivity index (χ0) is 30.0. The number of alkyl halides is 3. The number of aryl methyl sites for hydroxylation is 1. The summed E-state index contributed by atoms with van der Waals surface area (Å²) < 4.78 is 46.2. The smallest absolute Gasteiger partial charge is 0.372 e. The van der Waals surface area contributed by atoms with Crippen LogP contribution in [0, 0.1) is 17.0 Å². The fourth-order valence-electron chi connectivity index (χ4n) is 5.82. The molecule has 42 heavy (non-hydrogen) atoms. The van der Waals surface area contributed by atoms with Gasteiger partial charge in [-0.25, -0.2) is 4.98 Å². The molecule has 1 amide bonds. The third-order valence-corrected chi connectivity index (χ3v) is 8.31. The first-order valence-electron chi connectivity index (χ1n) is 14.1. The number of nitro benzene ring substituents is 1. The van der Waals surface area contributed by atoms with E-state index in [0.717, 1.165) is 28.9 Å². The highest BCUT2D eigenvalue weighted by Crippen LogP contribution is 2.39. The lowest BCUT2D eigenvalue weighted by Crippen LogP contribution is -2.50. The summed E-state index contributed by atoms with van der Waals surface area (Å²) >= 11 is 0. The minimum absolute atomic E-state index is 0.00393. The number of nitro groups is 1. The topological polar surface area (TPSA) is 92.1 Å². The number of nitrogens with zero attached hydrogens (tertiary/aromatic N) is 5. The lowest BCUT2D eigenvalue weighted by Gasteiger charge is -2.37. The molecule has 5 rings (SSSR count). The molecule has 2 aliphatic rings. The summed E-state index contributed by atoms with van der Waals surface area (Å²) in [6.45, 7) is 4.60. The monoisotopic (exact) mass is 585 g/mol. The van der Waals surface area contributed by atoms with E-state index < -0.39 is 22.4 Å². The highest BCUT2D eigenvalue weighted by atomic mass is 19.4. The van der Waals surface area contributed by atoms with Crippen LogP contribution in [0.15, 0.2) is 48.5 Å². The number of anilines is 2. The van der Waals surface area contributed by atoms with Crippen LogP contribution in [0.1, 0.15) is 36.8 Å². The molecule has 1 aromatic heterocycles. The molecular formula is C30H34F3N5O4. The van der Waals surface area contributed by atoms with Crippen molar-refractivity contribution in [3.8, 4) is 0 Å². The van der Waals surface area contributed by atoms with Crippen molar-refractivity contribution < 1.29 is 27.6 Å². The second-order valence-corrected chi connectivity index (χ2v) is 11.0. The van der Waals surface area contributed by atoms with Gasteiger partial charge >= 0.3 is 6.18 Å². The largest absolute Gasteiger partial charge is 0.423 e. The molecule has 224 valence electrons. The molecule has 1 saturated carbocycles. The third kappa shape index (κ3) is 6.59. The van der Waals surface area contributed by atoms with Crippen LogP contribution < -0.4 is 9.80 Å². The molecule has 0 radical (unpaired) electrons. The number of hydrogen-bond donors (Lipinski definition) is 0. The van der Waals surface area contributed by atoms with E-state index in [1.165, 1.54) is 11.6 Å².